The summed E-state index contributed by atoms with van der Waals surface area (Å²) in [6, 6.07) is 10.3. The van der Waals surface area contributed by atoms with Crippen LogP contribution in [0.4, 0.5) is 0 Å². The van der Waals surface area contributed by atoms with Crippen LogP contribution < -0.4 is 10.2 Å². The van der Waals surface area contributed by atoms with Crippen LogP contribution >= 0.6 is 39.0 Å². The molecule has 1 heterocycles. The molecular weight excluding hydrogens is 380 g/mol. The standard InChI is InChI=1S/C16H19BrN2OS2/c1-19(10-13-6-8-21-12-13)11-16(20)18-7-9-22-15-4-2-14(17)3-5-15/h2-6,8,12H,7,9-11H2,1H3,(H,18,20)/p+1. The number of hydrogen-bond acceptors (Lipinski definition) is 3. The van der Waals surface area contributed by atoms with E-state index in [1.807, 2.05) is 19.2 Å². The van der Waals surface area contributed by atoms with E-state index >= 15 is 0 Å². The molecular formula is C16H20BrN2OS2+. The lowest BCUT2D eigenvalue weighted by Crippen LogP contribution is -3.08. The van der Waals surface area contributed by atoms with E-state index in [2.05, 4.69) is 50.2 Å². The Hall–Kier alpha value is -0.820. The van der Waals surface area contributed by atoms with Crippen LogP contribution in [-0.2, 0) is 11.3 Å². The van der Waals surface area contributed by atoms with Crippen LogP contribution in [-0.4, -0.2) is 31.8 Å². The molecule has 0 saturated carbocycles. The van der Waals surface area contributed by atoms with Gasteiger partial charge >= 0.3 is 0 Å². The summed E-state index contributed by atoms with van der Waals surface area (Å²) in [4.78, 5) is 14.3. The number of benzene rings is 1. The molecule has 0 aliphatic heterocycles. The van der Waals surface area contributed by atoms with Crippen LogP contribution in [0, 0.1) is 0 Å². The van der Waals surface area contributed by atoms with E-state index in [0.29, 0.717) is 13.1 Å². The highest BCUT2D eigenvalue weighted by atomic mass is 79.9. The second-order valence-corrected chi connectivity index (χ2v) is 7.96. The highest BCUT2D eigenvalue weighted by Gasteiger charge is 2.10. The second-order valence-electron chi connectivity index (χ2n) is 5.09. The first kappa shape index (κ1) is 17.5. The van der Waals surface area contributed by atoms with Gasteiger partial charge in [-0.1, -0.05) is 15.9 Å². The molecule has 0 aliphatic carbocycles. The highest BCUT2D eigenvalue weighted by Crippen LogP contribution is 2.19. The number of thiophene rings is 1. The predicted octanol–water partition coefficient (Wildman–Crippen LogP) is 2.43. The third kappa shape index (κ3) is 6.52. The zero-order valence-electron chi connectivity index (χ0n) is 12.5. The molecule has 1 unspecified atom stereocenters. The molecule has 0 bridgehead atoms. The predicted molar refractivity (Wildman–Crippen MR) is 97.7 cm³/mol. The molecule has 0 aliphatic rings. The van der Waals surface area contributed by atoms with Crippen LogP contribution in [0.2, 0.25) is 0 Å². The Kier molecular flexibility index (Phi) is 7.45. The number of amides is 1. The normalized spacial score (nSPS) is 12.1. The van der Waals surface area contributed by atoms with Crippen molar-refractivity contribution in [3.05, 3.63) is 51.1 Å². The zero-order valence-corrected chi connectivity index (χ0v) is 15.7. The maximum absolute atomic E-state index is 11.9. The lowest BCUT2D eigenvalue weighted by Gasteiger charge is -2.13. The molecule has 0 radical (unpaired) electrons. The Morgan fingerprint density at radius 2 is 2.09 bits per heavy atom. The van der Waals surface area contributed by atoms with Crippen molar-refractivity contribution in [2.75, 3.05) is 25.9 Å². The SMILES string of the molecule is C[NH+](CC(=O)NCCSc1ccc(Br)cc1)Cc1ccsc1. The topological polar surface area (TPSA) is 33.5 Å². The van der Waals surface area contributed by atoms with Gasteiger partial charge in [0.2, 0.25) is 0 Å². The van der Waals surface area contributed by atoms with Gasteiger partial charge in [-0.2, -0.15) is 11.3 Å². The summed E-state index contributed by atoms with van der Waals surface area (Å²) in [5.41, 5.74) is 1.29. The maximum atomic E-state index is 11.9. The molecule has 1 atom stereocenters. The summed E-state index contributed by atoms with van der Waals surface area (Å²) < 4.78 is 1.08. The first-order valence-electron chi connectivity index (χ1n) is 7.11. The van der Waals surface area contributed by atoms with Gasteiger partial charge in [0.15, 0.2) is 6.54 Å². The lowest BCUT2D eigenvalue weighted by molar-refractivity contribution is -0.885. The summed E-state index contributed by atoms with van der Waals surface area (Å²) >= 11 is 6.87. The van der Waals surface area contributed by atoms with E-state index in [4.69, 9.17) is 0 Å². The lowest BCUT2D eigenvalue weighted by atomic mass is 10.3. The van der Waals surface area contributed by atoms with Gasteiger partial charge in [-0.3, -0.25) is 4.79 Å². The number of thioether (sulfide) groups is 1. The molecule has 1 aromatic carbocycles. The number of rotatable bonds is 8. The Bertz CT molecular complexity index is 572. The van der Waals surface area contributed by atoms with Crippen LogP contribution in [0.15, 0.2) is 50.5 Å². The third-order valence-corrected chi connectivity index (χ3v) is 5.33. The minimum Gasteiger partial charge on any atom is -0.350 e. The van der Waals surface area contributed by atoms with E-state index < -0.39 is 0 Å². The largest absolute Gasteiger partial charge is 0.350 e. The molecule has 6 heteroatoms. The van der Waals surface area contributed by atoms with Crippen molar-refractivity contribution in [1.29, 1.82) is 0 Å². The average molecular weight is 400 g/mol. The van der Waals surface area contributed by atoms with Crippen molar-refractivity contribution >= 4 is 44.9 Å². The van der Waals surface area contributed by atoms with Crippen molar-refractivity contribution in [1.82, 2.24) is 5.32 Å². The van der Waals surface area contributed by atoms with Gasteiger partial charge in [0.1, 0.15) is 6.54 Å². The number of hydrogen-bond donors (Lipinski definition) is 2. The zero-order chi connectivity index (χ0) is 15.8. The van der Waals surface area contributed by atoms with Crippen molar-refractivity contribution in [3.8, 4) is 0 Å². The molecule has 118 valence electrons. The molecule has 2 rings (SSSR count). The van der Waals surface area contributed by atoms with Gasteiger partial charge in [0, 0.05) is 27.2 Å². The molecule has 1 aromatic heterocycles. The second kappa shape index (κ2) is 9.35. The van der Waals surface area contributed by atoms with E-state index in [1.165, 1.54) is 15.4 Å². The van der Waals surface area contributed by atoms with E-state index in [-0.39, 0.29) is 5.91 Å². The average Bonchev–Trinajstić information content (AvgIpc) is 2.98. The van der Waals surface area contributed by atoms with E-state index in [9.17, 15) is 4.79 Å². The van der Waals surface area contributed by atoms with Crippen LogP contribution in [0.5, 0.6) is 0 Å². The Morgan fingerprint density at radius 1 is 1.32 bits per heavy atom. The minimum atomic E-state index is 0.115. The van der Waals surface area contributed by atoms with Gasteiger partial charge in [-0.05, 0) is 41.1 Å². The highest BCUT2D eigenvalue weighted by molar-refractivity contribution is 9.10. The van der Waals surface area contributed by atoms with Crippen LogP contribution in [0.1, 0.15) is 5.56 Å². The monoisotopic (exact) mass is 399 g/mol. The van der Waals surface area contributed by atoms with E-state index in [1.54, 1.807) is 23.1 Å². The fraction of sp³-hybridized carbons (Fsp3) is 0.312. The van der Waals surface area contributed by atoms with Crippen LogP contribution in [0.25, 0.3) is 0 Å². The maximum Gasteiger partial charge on any atom is 0.275 e. The number of carbonyl (C=O) groups excluding carboxylic acids is 1. The van der Waals surface area contributed by atoms with Crippen molar-refractivity contribution in [2.24, 2.45) is 0 Å². The number of quaternary nitrogens is 1. The fourth-order valence-corrected chi connectivity index (χ4v) is 3.73. The van der Waals surface area contributed by atoms with Gasteiger partial charge < -0.3 is 10.2 Å². The fourth-order valence-electron chi connectivity index (χ4n) is 2.03. The third-order valence-electron chi connectivity index (χ3n) is 3.05. The summed E-state index contributed by atoms with van der Waals surface area (Å²) in [6.07, 6.45) is 0. The number of likely N-dealkylation sites (N-methyl/N-ethyl adjacent to an activating group) is 1. The Balaban J connectivity index is 1.60. The number of halogens is 1. The van der Waals surface area contributed by atoms with Gasteiger partial charge in [0.05, 0.1) is 7.05 Å². The van der Waals surface area contributed by atoms with Crippen molar-refractivity contribution < 1.29 is 9.69 Å². The molecule has 0 saturated heterocycles. The molecule has 1 amide bonds. The van der Waals surface area contributed by atoms with Crippen molar-refractivity contribution in [2.45, 2.75) is 11.4 Å². The summed E-state index contributed by atoms with van der Waals surface area (Å²) in [5.74, 6) is 1.00. The minimum absolute atomic E-state index is 0.115. The van der Waals surface area contributed by atoms with Gasteiger partial charge in [-0.25, -0.2) is 0 Å². The molecule has 2 N–H and O–H groups in total. The van der Waals surface area contributed by atoms with Crippen molar-refractivity contribution in [3.63, 3.8) is 0 Å². The molecule has 22 heavy (non-hydrogen) atoms. The number of carbonyl (C=O) groups is 1. The first-order chi connectivity index (χ1) is 10.6. The molecule has 2 aromatic rings. The van der Waals surface area contributed by atoms with Gasteiger partial charge in [-0.15, -0.1) is 11.8 Å². The summed E-state index contributed by atoms with van der Waals surface area (Å²) in [7, 11) is 2.05. The Morgan fingerprint density at radius 3 is 2.77 bits per heavy atom. The van der Waals surface area contributed by atoms with E-state index in [0.717, 1.165) is 16.8 Å². The quantitative estimate of drug-likeness (QED) is 0.527. The molecule has 0 spiro atoms. The van der Waals surface area contributed by atoms with Crippen LogP contribution in [0.3, 0.4) is 0 Å². The summed E-state index contributed by atoms with van der Waals surface area (Å²) in [6.45, 7) is 2.11. The number of nitrogens with one attached hydrogen (secondary N) is 2. The Labute approximate surface area is 148 Å². The molecule has 3 nitrogen and oxygen atoms in total. The smallest absolute Gasteiger partial charge is 0.275 e. The van der Waals surface area contributed by atoms with Gasteiger partial charge in [0.25, 0.3) is 5.91 Å². The molecule has 0 fully saturated rings. The first-order valence-corrected chi connectivity index (χ1v) is 9.83. The summed E-state index contributed by atoms with van der Waals surface area (Å²) in [5, 5.41) is 7.19.